The molecule has 1 aromatic carbocycles. The van der Waals surface area contributed by atoms with Gasteiger partial charge in [-0.1, -0.05) is 6.07 Å². The highest BCUT2D eigenvalue weighted by Gasteiger charge is 2.13. The van der Waals surface area contributed by atoms with E-state index >= 15 is 0 Å². The Bertz CT molecular complexity index is 1290. The molecule has 4 aromatic heterocycles. The van der Waals surface area contributed by atoms with Crippen LogP contribution in [0.1, 0.15) is 0 Å². The highest BCUT2D eigenvalue weighted by molar-refractivity contribution is 6.17. The first-order chi connectivity index (χ1) is 13.2. The van der Waals surface area contributed by atoms with Crippen molar-refractivity contribution < 1.29 is 0 Å². The predicted molar refractivity (Wildman–Crippen MR) is 111 cm³/mol. The van der Waals surface area contributed by atoms with Gasteiger partial charge in [0.1, 0.15) is 11.3 Å². The monoisotopic (exact) mass is 354 g/mol. The van der Waals surface area contributed by atoms with Crippen LogP contribution in [0.25, 0.3) is 32.7 Å². The minimum absolute atomic E-state index is 0.806. The largest absolute Gasteiger partial charge is 0.378 e. The summed E-state index contributed by atoms with van der Waals surface area (Å²) in [5, 5.41) is 6.55. The maximum absolute atomic E-state index is 4.94. The molecule has 2 N–H and O–H groups in total. The van der Waals surface area contributed by atoms with E-state index in [0.717, 1.165) is 49.9 Å². The number of pyridine rings is 3. The summed E-state index contributed by atoms with van der Waals surface area (Å²) in [5.74, 6) is 0.806. The first-order valence-corrected chi connectivity index (χ1v) is 8.74. The first kappa shape index (κ1) is 15.6. The SMILES string of the molecule is CN(C)c1cccc(Nc2nc3c4cnccc4[nH]c3c3cnccc23)c1. The molecule has 6 heteroatoms. The van der Waals surface area contributed by atoms with Gasteiger partial charge in [0.05, 0.1) is 11.0 Å². The predicted octanol–water partition coefficient (Wildman–Crippen LogP) is 4.47. The van der Waals surface area contributed by atoms with E-state index in [9.17, 15) is 0 Å². The molecule has 132 valence electrons. The molecule has 0 unspecified atom stereocenters. The lowest BCUT2D eigenvalue weighted by Crippen LogP contribution is -2.08. The van der Waals surface area contributed by atoms with Gasteiger partial charge in [0, 0.05) is 66.4 Å². The molecule has 6 nitrogen and oxygen atoms in total. The average Bonchev–Trinajstić information content (AvgIpc) is 3.07. The van der Waals surface area contributed by atoms with Crippen LogP contribution in [0.15, 0.2) is 61.2 Å². The maximum Gasteiger partial charge on any atom is 0.139 e. The van der Waals surface area contributed by atoms with Crippen molar-refractivity contribution in [1.29, 1.82) is 0 Å². The number of aromatic nitrogens is 4. The normalized spacial score (nSPS) is 11.3. The van der Waals surface area contributed by atoms with Crippen molar-refractivity contribution in [2.75, 3.05) is 24.3 Å². The summed E-state index contributed by atoms with van der Waals surface area (Å²) in [6, 6.07) is 12.2. The van der Waals surface area contributed by atoms with Crippen molar-refractivity contribution in [3.63, 3.8) is 0 Å². The summed E-state index contributed by atoms with van der Waals surface area (Å²) < 4.78 is 0. The van der Waals surface area contributed by atoms with Gasteiger partial charge in [-0.25, -0.2) is 4.98 Å². The second-order valence-electron chi connectivity index (χ2n) is 6.72. The van der Waals surface area contributed by atoms with Crippen LogP contribution in [0.4, 0.5) is 17.2 Å². The smallest absolute Gasteiger partial charge is 0.139 e. The molecule has 0 aliphatic rings. The highest BCUT2D eigenvalue weighted by atomic mass is 15.1. The molecule has 0 fully saturated rings. The molecule has 0 atom stereocenters. The molecular weight excluding hydrogens is 336 g/mol. The highest BCUT2D eigenvalue weighted by Crippen LogP contribution is 2.34. The molecular formula is C21H18N6. The number of H-pyrrole nitrogens is 1. The van der Waals surface area contributed by atoms with Gasteiger partial charge in [-0.05, 0) is 30.3 Å². The zero-order chi connectivity index (χ0) is 18.4. The van der Waals surface area contributed by atoms with Crippen LogP contribution in [0.3, 0.4) is 0 Å². The Morgan fingerprint density at radius 3 is 2.59 bits per heavy atom. The Morgan fingerprint density at radius 2 is 1.74 bits per heavy atom. The molecule has 5 aromatic rings. The summed E-state index contributed by atoms with van der Waals surface area (Å²) in [5.41, 5.74) is 5.01. The third-order valence-corrected chi connectivity index (χ3v) is 4.77. The van der Waals surface area contributed by atoms with Crippen molar-refractivity contribution >= 4 is 49.9 Å². The summed E-state index contributed by atoms with van der Waals surface area (Å²) in [6.45, 7) is 0. The van der Waals surface area contributed by atoms with Crippen molar-refractivity contribution in [2.24, 2.45) is 0 Å². The van der Waals surface area contributed by atoms with Crippen LogP contribution >= 0.6 is 0 Å². The van der Waals surface area contributed by atoms with Gasteiger partial charge in [-0.2, -0.15) is 0 Å². The van der Waals surface area contributed by atoms with E-state index < -0.39 is 0 Å². The molecule has 0 bridgehead atoms. The Labute approximate surface area is 155 Å². The summed E-state index contributed by atoms with van der Waals surface area (Å²) in [4.78, 5) is 19.1. The van der Waals surface area contributed by atoms with Gasteiger partial charge in [0.25, 0.3) is 0 Å². The summed E-state index contributed by atoms with van der Waals surface area (Å²) in [6.07, 6.45) is 7.30. The first-order valence-electron chi connectivity index (χ1n) is 8.74. The van der Waals surface area contributed by atoms with Crippen LogP contribution in [0.2, 0.25) is 0 Å². The van der Waals surface area contributed by atoms with Crippen molar-refractivity contribution in [3.8, 4) is 0 Å². The van der Waals surface area contributed by atoms with Gasteiger partial charge in [0.2, 0.25) is 0 Å². The fraction of sp³-hybridized carbons (Fsp3) is 0.0952. The summed E-state index contributed by atoms with van der Waals surface area (Å²) in [7, 11) is 4.06. The lowest BCUT2D eigenvalue weighted by Gasteiger charge is -2.15. The van der Waals surface area contributed by atoms with Crippen LogP contribution in [0.5, 0.6) is 0 Å². The summed E-state index contributed by atoms with van der Waals surface area (Å²) >= 11 is 0. The number of rotatable bonds is 3. The Hall–Kier alpha value is -3.67. The Kier molecular flexibility index (Phi) is 3.43. The van der Waals surface area contributed by atoms with Gasteiger partial charge in [0.15, 0.2) is 0 Å². The number of anilines is 3. The van der Waals surface area contributed by atoms with Crippen LogP contribution < -0.4 is 10.2 Å². The van der Waals surface area contributed by atoms with Crippen molar-refractivity contribution in [2.45, 2.75) is 0 Å². The molecule has 5 rings (SSSR count). The van der Waals surface area contributed by atoms with Gasteiger partial charge >= 0.3 is 0 Å². The van der Waals surface area contributed by atoms with Gasteiger partial charge in [-0.15, -0.1) is 0 Å². The van der Waals surface area contributed by atoms with Crippen molar-refractivity contribution in [1.82, 2.24) is 19.9 Å². The number of fused-ring (bicyclic) bond motifs is 5. The van der Waals surface area contributed by atoms with E-state index in [2.05, 4.69) is 37.3 Å². The minimum atomic E-state index is 0.806. The molecule has 4 heterocycles. The van der Waals surface area contributed by atoms with E-state index in [1.54, 1.807) is 12.4 Å². The standard InChI is InChI=1S/C21H18N6/c1-27(2)14-5-3-4-13(10-14)24-21-15-6-8-22-11-16(15)19-20(26-21)17-12-23-9-7-18(17)25-19/h3-12,25H,1-2H3,(H,24,26). The molecule has 0 amide bonds. The van der Waals surface area contributed by atoms with Crippen LogP contribution in [-0.2, 0) is 0 Å². The number of hydrogen-bond acceptors (Lipinski definition) is 5. The fourth-order valence-corrected chi connectivity index (χ4v) is 3.40. The van der Waals surface area contributed by atoms with E-state index in [1.165, 1.54) is 0 Å². The minimum Gasteiger partial charge on any atom is -0.378 e. The molecule has 0 saturated heterocycles. The van der Waals surface area contributed by atoms with E-state index in [4.69, 9.17) is 4.98 Å². The van der Waals surface area contributed by atoms with E-state index in [1.807, 2.05) is 50.8 Å². The topological polar surface area (TPSA) is 69.7 Å². The zero-order valence-electron chi connectivity index (χ0n) is 15.1. The number of benzene rings is 1. The molecule has 0 aliphatic carbocycles. The maximum atomic E-state index is 4.94. The number of aromatic amines is 1. The molecule has 27 heavy (non-hydrogen) atoms. The quantitative estimate of drug-likeness (QED) is 0.500. The molecule has 0 spiro atoms. The Morgan fingerprint density at radius 1 is 0.926 bits per heavy atom. The third-order valence-electron chi connectivity index (χ3n) is 4.77. The van der Waals surface area contributed by atoms with Crippen LogP contribution in [0, 0.1) is 0 Å². The zero-order valence-corrected chi connectivity index (χ0v) is 15.1. The number of nitrogens with zero attached hydrogens (tertiary/aromatic N) is 4. The lowest BCUT2D eigenvalue weighted by molar-refractivity contribution is 1.13. The average molecular weight is 354 g/mol. The number of hydrogen-bond donors (Lipinski definition) is 2. The Balaban J connectivity index is 1.75. The molecule has 0 saturated carbocycles. The van der Waals surface area contributed by atoms with Gasteiger partial charge in [-0.3, -0.25) is 9.97 Å². The van der Waals surface area contributed by atoms with E-state index in [-0.39, 0.29) is 0 Å². The molecule has 0 radical (unpaired) electrons. The fourth-order valence-electron chi connectivity index (χ4n) is 3.40. The lowest BCUT2D eigenvalue weighted by atomic mass is 10.1. The second-order valence-corrected chi connectivity index (χ2v) is 6.72. The second kappa shape index (κ2) is 5.95. The van der Waals surface area contributed by atoms with Crippen LogP contribution in [-0.4, -0.2) is 34.0 Å². The third kappa shape index (κ3) is 2.54. The number of nitrogens with one attached hydrogen (secondary N) is 2. The van der Waals surface area contributed by atoms with Gasteiger partial charge < -0.3 is 15.2 Å². The van der Waals surface area contributed by atoms with E-state index in [0.29, 0.717) is 0 Å². The van der Waals surface area contributed by atoms with Crippen molar-refractivity contribution in [3.05, 3.63) is 61.2 Å². The molecule has 0 aliphatic heterocycles.